The molecule has 2 N–H and O–H groups in total. The maximum atomic E-state index is 12.4. The number of rotatable bonds is 5. The van der Waals surface area contributed by atoms with Crippen molar-refractivity contribution in [3.8, 4) is 17.0 Å². The third kappa shape index (κ3) is 5.08. The number of ether oxygens (including phenoxy) is 1. The second-order valence-corrected chi connectivity index (χ2v) is 7.64. The molecule has 156 valence electrons. The van der Waals surface area contributed by atoms with Crippen molar-refractivity contribution in [1.29, 1.82) is 0 Å². The Balaban J connectivity index is 1.63. The first-order chi connectivity index (χ1) is 15.0. The van der Waals surface area contributed by atoms with Crippen molar-refractivity contribution < 1.29 is 9.53 Å². The molecule has 31 heavy (non-hydrogen) atoms. The van der Waals surface area contributed by atoms with E-state index in [1.165, 1.54) is 0 Å². The molecule has 0 atom stereocenters. The lowest BCUT2D eigenvalue weighted by atomic mass is 10.1. The van der Waals surface area contributed by atoms with Crippen LogP contribution in [0.15, 0.2) is 72.8 Å². The predicted molar refractivity (Wildman–Crippen MR) is 127 cm³/mol. The number of fused-ring (bicyclic) bond motifs is 1. The van der Waals surface area contributed by atoms with Crippen molar-refractivity contribution in [2.45, 2.75) is 6.92 Å². The minimum atomic E-state index is -0.358. The van der Waals surface area contributed by atoms with Crippen molar-refractivity contribution in [3.63, 3.8) is 0 Å². The van der Waals surface area contributed by atoms with E-state index in [1.807, 2.05) is 49.4 Å². The van der Waals surface area contributed by atoms with E-state index >= 15 is 0 Å². The second kappa shape index (κ2) is 9.25. The van der Waals surface area contributed by atoms with Crippen molar-refractivity contribution in [1.82, 2.24) is 4.98 Å². The summed E-state index contributed by atoms with van der Waals surface area (Å²) in [5.41, 5.74) is 3.69. The number of carbonyl (C=O) groups excluding carboxylic acids is 1. The lowest BCUT2D eigenvalue weighted by Crippen LogP contribution is -2.19. The van der Waals surface area contributed by atoms with Crippen LogP contribution < -0.4 is 15.4 Å². The van der Waals surface area contributed by atoms with E-state index < -0.39 is 0 Å². The zero-order chi connectivity index (χ0) is 21.8. The summed E-state index contributed by atoms with van der Waals surface area (Å²) in [4.78, 5) is 17.1. The lowest BCUT2D eigenvalue weighted by Gasteiger charge is -2.13. The van der Waals surface area contributed by atoms with E-state index in [0.717, 1.165) is 22.2 Å². The Kier molecular flexibility index (Phi) is 6.26. The van der Waals surface area contributed by atoms with E-state index in [1.54, 1.807) is 30.3 Å². The van der Waals surface area contributed by atoms with Gasteiger partial charge in [0.25, 0.3) is 0 Å². The van der Waals surface area contributed by atoms with Crippen LogP contribution in [0.3, 0.4) is 0 Å². The first-order valence-corrected chi connectivity index (χ1v) is 10.4. The maximum absolute atomic E-state index is 12.4. The molecule has 0 aliphatic carbocycles. The fourth-order valence-electron chi connectivity index (χ4n) is 3.17. The average molecular weight is 452 g/mol. The van der Waals surface area contributed by atoms with E-state index in [2.05, 4.69) is 10.6 Å². The Labute approximate surface area is 190 Å². The summed E-state index contributed by atoms with van der Waals surface area (Å²) in [6.45, 7) is 2.43. The van der Waals surface area contributed by atoms with E-state index in [0.29, 0.717) is 33.8 Å². The summed E-state index contributed by atoms with van der Waals surface area (Å²) < 4.78 is 5.86. The highest BCUT2D eigenvalue weighted by Gasteiger charge is 2.11. The van der Waals surface area contributed by atoms with Crippen LogP contribution in [0.25, 0.3) is 22.2 Å². The minimum Gasteiger partial charge on any atom is -0.493 e. The highest BCUT2D eigenvalue weighted by atomic mass is 35.5. The molecule has 7 heteroatoms. The van der Waals surface area contributed by atoms with Crippen LogP contribution >= 0.6 is 23.2 Å². The van der Waals surface area contributed by atoms with Crippen LogP contribution in [0.4, 0.5) is 16.2 Å². The van der Waals surface area contributed by atoms with Gasteiger partial charge in [0.1, 0.15) is 5.75 Å². The minimum absolute atomic E-state index is 0.358. The number of nitrogens with zero attached hydrogens (tertiary/aromatic N) is 1. The molecule has 4 aromatic rings. The molecule has 0 radical (unpaired) electrons. The van der Waals surface area contributed by atoms with Gasteiger partial charge in [-0.15, -0.1) is 0 Å². The first kappa shape index (κ1) is 21.0. The number of amides is 2. The number of hydrogen-bond donors (Lipinski definition) is 2. The molecule has 0 aliphatic rings. The molecule has 0 spiro atoms. The predicted octanol–water partition coefficient (Wildman–Crippen LogP) is 7.25. The second-order valence-electron chi connectivity index (χ2n) is 6.77. The van der Waals surface area contributed by atoms with Crippen molar-refractivity contribution >= 4 is 51.5 Å². The van der Waals surface area contributed by atoms with Crippen molar-refractivity contribution in [2.75, 3.05) is 17.2 Å². The lowest BCUT2D eigenvalue weighted by molar-refractivity contribution is 0.262. The third-order valence-electron chi connectivity index (χ3n) is 4.55. The summed E-state index contributed by atoms with van der Waals surface area (Å²) in [5.74, 6) is 0.684. The van der Waals surface area contributed by atoms with Gasteiger partial charge < -0.3 is 15.4 Å². The van der Waals surface area contributed by atoms with Crippen LogP contribution in [0.5, 0.6) is 5.75 Å². The van der Waals surface area contributed by atoms with Gasteiger partial charge in [0.2, 0.25) is 0 Å². The number of benzene rings is 3. The molecule has 3 aromatic carbocycles. The smallest absolute Gasteiger partial charge is 0.323 e. The van der Waals surface area contributed by atoms with E-state index in [9.17, 15) is 4.79 Å². The molecule has 1 heterocycles. The summed E-state index contributed by atoms with van der Waals surface area (Å²) in [7, 11) is 0. The fraction of sp³-hybridized carbons (Fsp3) is 0.0833. The van der Waals surface area contributed by atoms with E-state index in [4.69, 9.17) is 32.9 Å². The van der Waals surface area contributed by atoms with Crippen molar-refractivity contribution in [2.24, 2.45) is 0 Å². The number of halogens is 2. The van der Waals surface area contributed by atoms with Crippen LogP contribution in [-0.2, 0) is 0 Å². The van der Waals surface area contributed by atoms with Gasteiger partial charge in [0, 0.05) is 38.4 Å². The van der Waals surface area contributed by atoms with E-state index in [-0.39, 0.29) is 6.03 Å². The Morgan fingerprint density at radius 3 is 2.39 bits per heavy atom. The standard InChI is InChI=1S/C24H19Cl2N3O2/c1-2-31-23-14-22(15-4-3-5-17(26)12-15)29-21-11-10-19(13-20(21)23)28-24(30)27-18-8-6-16(25)7-9-18/h3-14H,2H2,1H3,(H2,27,28,30). The maximum Gasteiger partial charge on any atom is 0.323 e. The number of aromatic nitrogens is 1. The first-order valence-electron chi connectivity index (χ1n) is 9.69. The zero-order valence-corrected chi connectivity index (χ0v) is 18.2. The molecule has 0 aliphatic heterocycles. The van der Waals surface area contributed by atoms with Gasteiger partial charge in [-0.25, -0.2) is 9.78 Å². The third-order valence-corrected chi connectivity index (χ3v) is 5.04. The van der Waals surface area contributed by atoms with Crippen LogP contribution in [-0.4, -0.2) is 17.6 Å². The fourth-order valence-corrected chi connectivity index (χ4v) is 3.49. The van der Waals surface area contributed by atoms with Gasteiger partial charge in [-0.1, -0.05) is 35.3 Å². The number of carbonyl (C=O) groups is 1. The van der Waals surface area contributed by atoms with Crippen LogP contribution in [0.2, 0.25) is 10.0 Å². The zero-order valence-electron chi connectivity index (χ0n) is 16.7. The molecule has 2 amide bonds. The molecule has 1 aromatic heterocycles. The molecule has 4 rings (SSSR count). The highest BCUT2D eigenvalue weighted by Crippen LogP contribution is 2.32. The Morgan fingerprint density at radius 1 is 0.903 bits per heavy atom. The van der Waals surface area contributed by atoms with Gasteiger partial charge in [0.05, 0.1) is 17.8 Å². The molecule has 0 unspecified atom stereocenters. The molecular weight excluding hydrogens is 433 g/mol. The van der Waals surface area contributed by atoms with Gasteiger partial charge in [-0.05, 0) is 61.5 Å². The monoisotopic (exact) mass is 451 g/mol. The van der Waals surface area contributed by atoms with Crippen molar-refractivity contribution in [3.05, 3.63) is 82.8 Å². The SMILES string of the molecule is CCOc1cc(-c2cccc(Cl)c2)nc2ccc(NC(=O)Nc3ccc(Cl)cc3)cc12. The largest absolute Gasteiger partial charge is 0.493 e. The highest BCUT2D eigenvalue weighted by molar-refractivity contribution is 6.31. The Morgan fingerprint density at radius 2 is 1.65 bits per heavy atom. The number of urea groups is 1. The van der Waals surface area contributed by atoms with Gasteiger partial charge in [0.15, 0.2) is 0 Å². The summed E-state index contributed by atoms with van der Waals surface area (Å²) in [6.07, 6.45) is 0. The Bertz CT molecular complexity index is 1240. The molecule has 0 fully saturated rings. The number of hydrogen-bond acceptors (Lipinski definition) is 3. The Hall–Kier alpha value is -3.28. The molecule has 0 saturated carbocycles. The normalized spacial score (nSPS) is 10.7. The van der Waals surface area contributed by atoms with Gasteiger partial charge in [-0.3, -0.25) is 0 Å². The summed E-state index contributed by atoms with van der Waals surface area (Å²) in [5, 5.41) is 7.66. The van der Waals surface area contributed by atoms with Gasteiger partial charge >= 0.3 is 6.03 Å². The molecule has 5 nitrogen and oxygen atoms in total. The summed E-state index contributed by atoms with van der Waals surface area (Å²) >= 11 is 12.0. The van der Waals surface area contributed by atoms with Crippen LogP contribution in [0, 0.1) is 0 Å². The topological polar surface area (TPSA) is 63.2 Å². The molecule has 0 bridgehead atoms. The number of pyridine rings is 1. The van der Waals surface area contributed by atoms with Gasteiger partial charge in [-0.2, -0.15) is 0 Å². The van der Waals surface area contributed by atoms with Crippen LogP contribution in [0.1, 0.15) is 6.92 Å². The molecule has 0 saturated heterocycles. The number of nitrogens with one attached hydrogen (secondary N) is 2. The quantitative estimate of drug-likeness (QED) is 0.335. The summed E-state index contributed by atoms with van der Waals surface area (Å²) in [6, 6.07) is 21.4. The molecular formula is C24H19Cl2N3O2. The average Bonchev–Trinajstić information content (AvgIpc) is 2.75. The number of anilines is 2.